The van der Waals surface area contributed by atoms with Crippen molar-refractivity contribution in [3.63, 3.8) is 0 Å². The number of hydrogen-bond donors (Lipinski definition) is 1. The van der Waals surface area contributed by atoms with Crippen LogP contribution < -0.4 is 14.5 Å². The van der Waals surface area contributed by atoms with E-state index in [2.05, 4.69) is 26.9 Å². The van der Waals surface area contributed by atoms with Gasteiger partial charge in [-0.3, -0.25) is 9.89 Å². The van der Waals surface area contributed by atoms with E-state index >= 15 is 0 Å². The van der Waals surface area contributed by atoms with E-state index in [4.69, 9.17) is 19.8 Å². The second kappa shape index (κ2) is 8.39. The molecular formula is C23H26N8O2S. The Hall–Kier alpha value is -3.47. The first-order chi connectivity index (χ1) is 16.6. The van der Waals surface area contributed by atoms with E-state index in [1.54, 1.807) is 18.4 Å². The van der Waals surface area contributed by atoms with Crippen LogP contribution >= 0.6 is 11.3 Å². The first kappa shape index (κ1) is 21.1. The number of pyridine rings is 1. The lowest BCUT2D eigenvalue weighted by molar-refractivity contribution is 0.315. The average molecular weight is 479 g/mol. The van der Waals surface area contributed by atoms with Crippen molar-refractivity contribution in [3.05, 3.63) is 28.8 Å². The number of aliphatic imine (C=N–C) groups is 1. The van der Waals surface area contributed by atoms with Crippen LogP contribution in [0.5, 0.6) is 5.88 Å². The highest BCUT2D eigenvalue weighted by Gasteiger charge is 2.32. The van der Waals surface area contributed by atoms with Crippen molar-refractivity contribution in [2.24, 2.45) is 10.1 Å². The van der Waals surface area contributed by atoms with E-state index < -0.39 is 0 Å². The van der Waals surface area contributed by atoms with Crippen molar-refractivity contribution in [2.45, 2.75) is 45.2 Å². The summed E-state index contributed by atoms with van der Waals surface area (Å²) in [6.07, 6.45) is 6.18. The fourth-order valence-corrected chi connectivity index (χ4v) is 5.71. The van der Waals surface area contributed by atoms with Crippen LogP contribution in [0.15, 0.2) is 27.7 Å². The number of methoxy groups -OCH3 is 1. The molecule has 0 bridgehead atoms. The molecule has 176 valence electrons. The van der Waals surface area contributed by atoms with Gasteiger partial charge in [0.15, 0.2) is 5.13 Å². The number of oxime groups is 1. The minimum Gasteiger partial charge on any atom is -0.479 e. The second-order valence-corrected chi connectivity index (χ2v) is 9.71. The summed E-state index contributed by atoms with van der Waals surface area (Å²) in [5.41, 5.74) is 5.53. The number of anilines is 3. The number of fused-ring (bicyclic) bond motifs is 3. The molecule has 34 heavy (non-hydrogen) atoms. The first-order valence-electron chi connectivity index (χ1n) is 11.5. The Bertz CT molecular complexity index is 1300. The van der Waals surface area contributed by atoms with Gasteiger partial charge in [-0.1, -0.05) is 5.16 Å². The highest BCUT2D eigenvalue weighted by atomic mass is 32.1. The van der Waals surface area contributed by atoms with Crippen molar-refractivity contribution >= 4 is 40.0 Å². The van der Waals surface area contributed by atoms with Crippen molar-refractivity contribution in [1.29, 1.82) is 0 Å². The van der Waals surface area contributed by atoms with Gasteiger partial charge < -0.3 is 14.8 Å². The van der Waals surface area contributed by atoms with E-state index in [0.717, 1.165) is 59.5 Å². The third kappa shape index (κ3) is 3.51. The molecule has 1 N–H and O–H groups in total. The van der Waals surface area contributed by atoms with Gasteiger partial charge in [0.2, 0.25) is 5.88 Å². The average Bonchev–Trinajstić information content (AvgIpc) is 3.61. The lowest BCUT2D eigenvalue weighted by atomic mass is 9.97. The molecule has 3 aromatic heterocycles. The van der Waals surface area contributed by atoms with Crippen molar-refractivity contribution in [2.75, 3.05) is 30.0 Å². The second-order valence-electron chi connectivity index (χ2n) is 8.87. The third-order valence-corrected chi connectivity index (χ3v) is 7.38. The number of thiazole rings is 1. The lowest BCUT2D eigenvalue weighted by Gasteiger charge is -2.29. The number of hydrogen-bond acceptors (Lipinski definition) is 10. The summed E-state index contributed by atoms with van der Waals surface area (Å²) >= 11 is 1.55. The molecule has 1 unspecified atom stereocenters. The molecule has 0 amide bonds. The Labute approximate surface area is 201 Å². The zero-order valence-electron chi connectivity index (χ0n) is 19.2. The maximum absolute atomic E-state index is 9.52. The minimum absolute atomic E-state index is 0.251. The highest BCUT2D eigenvalue weighted by molar-refractivity contribution is 7.14. The molecule has 1 aliphatic carbocycles. The molecule has 0 aromatic carbocycles. The molecule has 6 rings (SSSR count). The van der Waals surface area contributed by atoms with Crippen LogP contribution in [0.3, 0.4) is 0 Å². The van der Waals surface area contributed by atoms with Crippen LogP contribution in [-0.2, 0) is 19.4 Å². The Kier molecular flexibility index (Phi) is 5.20. The number of rotatable bonds is 4. The largest absolute Gasteiger partial charge is 0.479 e. The molecule has 5 heterocycles. The zero-order valence-corrected chi connectivity index (χ0v) is 20.0. The van der Waals surface area contributed by atoms with Crippen LogP contribution in [0.25, 0.3) is 11.4 Å². The first-order valence-corrected chi connectivity index (χ1v) is 12.4. The molecule has 3 aliphatic rings. The maximum Gasteiger partial charge on any atom is 0.238 e. The molecule has 2 aliphatic heterocycles. The van der Waals surface area contributed by atoms with E-state index in [1.807, 2.05) is 28.5 Å². The Morgan fingerprint density at radius 1 is 1.15 bits per heavy atom. The molecular weight excluding hydrogens is 452 g/mol. The van der Waals surface area contributed by atoms with Crippen LogP contribution in [0, 0.1) is 0 Å². The predicted molar refractivity (Wildman–Crippen MR) is 132 cm³/mol. The van der Waals surface area contributed by atoms with Gasteiger partial charge >= 0.3 is 0 Å². The van der Waals surface area contributed by atoms with E-state index in [-0.39, 0.29) is 6.04 Å². The molecule has 0 saturated carbocycles. The van der Waals surface area contributed by atoms with E-state index in [1.165, 1.54) is 12.0 Å². The summed E-state index contributed by atoms with van der Waals surface area (Å²) in [4.78, 5) is 18.3. The molecule has 10 nitrogen and oxygen atoms in total. The van der Waals surface area contributed by atoms with Crippen molar-refractivity contribution in [1.82, 2.24) is 19.7 Å². The van der Waals surface area contributed by atoms with Crippen molar-refractivity contribution in [3.8, 4) is 17.3 Å². The van der Waals surface area contributed by atoms with Gasteiger partial charge in [-0.15, -0.1) is 11.3 Å². The van der Waals surface area contributed by atoms with Gasteiger partial charge in [-0.2, -0.15) is 5.10 Å². The Morgan fingerprint density at radius 2 is 2.03 bits per heavy atom. The van der Waals surface area contributed by atoms with E-state index in [9.17, 15) is 5.21 Å². The van der Waals surface area contributed by atoms with Gasteiger partial charge in [-0.25, -0.2) is 14.6 Å². The van der Waals surface area contributed by atoms with E-state index in [0.29, 0.717) is 24.7 Å². The van der Waals surface area contributed by atoms with Crippen LogP contribution in [-0.4, -0.2) is 63.2 Å². The molecule has 0 radical (unpaired) electrons. The summed E-state index contributed by atoms with van der Waals surface area (Å²) in [6, 6.07) is 4.23. The summed E-state index contributed by atoms with van der Waals surface area (Å²) in [6.45, 7) is 3.88. The normalized spacial score (nSPS) is 20.6. The monoisotopic (exact) mass is 478 g/mol. The van der Waals surface area contributed by atoms with Crippen LogP contribution in [0.1, 0.15) is 31.0 Å². The molecule has 3 aromatic rings. The van der Waals surface area contributed by atoms with Gasteiger partial charge in [-0.05, 0) is 44.7 Å². The fourth-order valence-electron chi connectivity index (χ4n) is 4.89. The number of nitrogens with zero attached hydrogens (tertiary/aromatic N) is 8. The standard InChI is InChI=1S/C23H26N8O2S/c1-14-9-29(13-24-14)20-8-7-18(25-21(20)33-2)19-12-34-23(26-19)30-10-15(28-32)11-31-22(30)16-5-3-4-6-17(16)27-31/h7-8,12-14,32H,3-6,9-11H2,1-2H3/b28-15+. The number of ether oxygens (including phenoxy) is 1. The number of aryl methyl sites for hydroxylation is 1. The quantitative estimate of drug-likeness (QED) is 0.452. The lowest BCUT2D eigenvalue weighted by Crippen LogP contribution is -2.36. The maximum atomic E-state index is 9.52. The summed E-state index contributed by atoms with van der Waals surface area (Å²) in [5, 5.41) is 20.7. The fraction of sp³-hybridized carbons (Fsp3) is 0.435. The van der Waals surface area contributed by atoms with Gasteiger partial charge in [0.05, 0.1) is 49.7 Å². The van der Waals surface area contributed by atoms with Crippen LogP contribution in [0.4, 0.5) is 16.6 Å². The highest BCUT2D eigenvalue weighted by Crippen LogP contribution is 2.39. The minimum atomic E-state index is 0.251. The third-order valence-electron chi connectivity index (χ3n) is 6.51. The van der Waals surface area contributed by atoms with Gasteiger partial charge in [0, 0.05) is 17.5 Å². The molecule has 11 heteroatoms. The predicted octanol–water partition coefficient (Wildman–Crippen LogP) is 3.51. The van der Waals surface area contributed by atoms with Gasteiger partial charge in [0.25, 0.3) is 0 Å². The molecule has 0 saturated heterocycles. The van der Waals surface area contributed by atoms with Crippen LogP contribution in [0.2, 0.25) is 0 Å². The molecule has 0 fully saturated rings. The SMILES string of the molecule is COc1nc(-c2csc(N3C/C(=N\O)Cn4nc5c(c43)CCCC5)n2)ccc1N1C=NC(C)C1. The molecule has 1 atom stereocenters. The summed E-state index contributed by atoms with van der Waals surface area (Å²) in [7, 11) is 1.63. The smallest absolute Gasteiger partial charge is 0.238 e. The summed E-state index contributed by atoms with van der Waals surface area (Å²) < 4.78 is 7.56. The Morgan fingerprint density at radius 3 is 2.82 bits per heavy atom. The van der Waals surface area contributed by atoms with Crippen molar-refractivity contribution < 1.29 is 9.94 Å². The number of aromatic nitrogens is 4. The van der Waals surface area contributed by atoms with Gasteiger partial charge in [0.1, 0.15) is 17.2 Å². The topological polar surface area (TPSA) is 104 Å². The summed E-state index contributed by atoms with van der Waals surface area (Å²) in [5.74, 6) is 1.62. The molecule has 0 spiro atoms. The zero-order chi connectivity index (χ0) is 23.2. The Balaban J connectivity index is 1.35.